The van der Waals surface area contributed by atoms with E-state index in [0.29, 0.717) is 30.0 Å². The van der Waals surface area contributed by atoms with Gasteiger partial charge in [0, 0.05) is 13.0 Å². The SMILES string of the molecule is COC(=O)c1ccc(N2CCCC2=O)c(OC)c1. The van der Waals surface area contributed by atoms with Gasteiger partial charge in [-0.1, -0.05) is 0 Å². The summed E-state index contributed by atoms with van der Waals surface area (Å²) in [5.74, 6) is 0.167. The fourth-order valence-corrected chi connectivity index (χ4v) is 2.05. The number of hydrogen-bond acceptors (Lipinski definition) is 4. The second-order valence-electron chi connectivity index (χ2n) is 4.03. The summed E-state index contributed by atoms with van der Waals surface area (Å²) in [6, 6.07) is 4.94. The molecule has 0 unspecified atom stereocenters. The molecule has 1 aliphatic heterocycles. The van der Waals surface area contributed by atoms with Crippen molar-refractivity contribution in [2.45, 2.75) is 12.8 Å². The molecule has 0 saturated carbocycles. The van der Waals surface area contributed by atoms with Gasteiger partial charge in [-0.05, 0) is 24.6 Å². The topological polar surface area (TPSA) is 55.8 Å². The number of rotatable bonds is 3. The summed E-state index contributed by atoms with van der Waals surface area (Å²) in [6.45, 7) is 0.687. The Hall–Kier alpha value is -2.04. The van der Waals surface area contributed by atoms with Crippen molar-refractivity contribution < 1.29 is 19.1 Å². The molecule has 0 N–H and O–H groups in total. The van der Waals surface area contributed by atoms with Crippen LogP contribution < -0.4 is 9.64 Å². The Morgan fingerprint density at radius 3 is 2.67 bits per heavy atom. The zero-order valence-electron chi connectivity index (χ0n) is 10.4. The van der Waals surface area contributed by atoms with Gasteiger partial charge >= 0.3 is 5.97 Å². The summed E-state index contributed by atoms with van der Waals surface area (Å²) in [5, 5.41) is 0. The predicted octanol–water partition coefficient (Wildman–Crippen LogP) is 1.61. The van der Waals surface area contributed by atoms with Gasteiger partial charge in [0.2, 0.25) is 5.91 Å². The third-order valence-corrected chi connectivity index (χ3v) is 2.97. The van der Waals surface area contributed by atoms with Gasteiger partial charge in [-0.2, -0.15) is 0 Å². The molecule has 96 valence electrons. The maximum Gasteiger partial charge on any atom is 0.337 e. The van der Waals surface area contributed by atoms with Crippen molar-refractivity contribution in [3.63, 3.8) is 0 Å². The summed E-state index contributed by atoms with van der Waals surface area (Å²) in [5.41, 5.74) is 1.11. The average Bonchev–Trinajstić information content (AvgIpc) is 2.83. The number of methoxy groups -OCH3 is 2. The first kappa shape index (κ1) is 12.4. The zero-order valence-corrected chi connectivity index (χ0v) is 10.4. The number of esters is 1. The van der Waals surface area contributed by atoms with Gasteiger partial charge in [-0.25, -0.2) is 4.79 Å². The second-order valence-corrected chi connectivity index (χ2v) is 4.03. The van der Waals surface area contributed by atoms with E-state index >= 15 is 0 Å². The molecule has 1 amide bonds. The molecule has 1 saturated heterocycles. The van der Waals surface area contributed by atoms with Crippen molar-refractivity contribution in [3.8, 4) is 5.75 Å². The van der Waals surface area contributed by atoms with Crippen LogP contribution in [-0.2, 0) is 9.53 Å². The van der Waals surface area contributed by atoms with Gasteiger partial charge in [0.1, 0.15) is 5.75 Å². The Morgan fingerprint density at radius 2 is 2.11 bits per heavy atom. The van der Waals surface area contributed by atoms with Gasteiger partial charge in [-0.15, -0.1) is 0 Å². The van der Waals surface area contributed by atoms with Crippen molar-refractivity contribution in [2.75, 3.05) is 25.7 Å². The van der Waals surface area contributed by atoms with E-state index in [1.165, 1.54) is 14.2 Å². The van der Waals surface area contributed by atoms with Crippen molar-refractivity contribution in [2.24, 2.45) is 0 Å². The Balaban J connectivity index is 2.37. The third kappa shape index (κ3) is 2.16. The molecule has 0 spiro atoms. The molecule has 1 aliphatic rings. The van der Waals surface area contributed by atoms with Crippen LogP contribution in [0.4, 0.5) is 5.69 Å². The standard InChI is InChI=1S/C13H15NO4/c1-17-11-8-9(13(16)18-2)5-6-10(11)14-7-3-4-12(14)15/h5-6,8H,3-4,7H2,1-2H3. The first-order chi connectivity index (χ1) is 8.67. The molecule has 5 nitrogen and oxygen atoms in total. The number of carbonyl (C=O) groups excluding carboxylic acids is 2. The molecule has 0 radical (unpaired) electrons. The van der Waals surface area contributed by atoms with Gasteiger partial charge in [0.15, 0.2) is 0 Å². The lowest BCUT2D eigenvalue weighted by Crippen LogP contribution is -2.24. The van der Waals surface area contributed by atoms with E-state index in [9.17, 15) is 9.59 Å². The third-order valence-electron chi connectivity index (χ3n) is 2.97. The molecule has 1 heterocycles. The van der Waals surface area contributed by atoms with Crippen LogP contribution in [0.1, 0.15) is 23.2 Å². The molecule has 1 fully saturated rings. The summed E-state index contributed by atoms with van der Waals surface area (Å²) >= 11 is 0. The lowest BCUT2D eigenvalue weighted by Gasteiger charge is -2.19. The Labute approximate surface area is 105 Å². The monoisotopic (exact) mass is 249 g/mol. The van der Waals surface area contributed by atoms with Gasteiger partial charge in [0.25, 0.3) is 0 Å². The lowest BCUT2D eigenvalue weighted by molar-refractivity contribution is -0.117. The van der Waals surface area contributed by atoms with E-state index in [4.69, 9.17) is 4.74 Å². The minimum atomic E-state index is -0.424. The van der Waals surface area contributed by atoms with Crippen molar-refractivity contribution in [3.05, 3.63) is 23.8 Å². The van der Waals surface area contributed by atoms with E-state index in [-0.39, 0.29) is 5.91 Å². The number of hydrogen-bond donors (Lipinski definition) is 0. The number of ether oxygens (including phenoxy) is 2. The highest BCUT2D eigenvalue weighted by atomic mass is 16.5. The maximum absolute atomic E-state index is 11.7. The Morgan fingerprint density at radius 1 is 1.33 bits per heavy atom. The summed E-state index contributed by atoms with van der Waals surface area (Å²) < 4.78 is 9.89. The van der Waals surface area contributed by atoms with Gasteiger partial charge < -0.3 is 14.4 Å². The number of nitrogens with zero attached hydrogens (tertiary/aromatic N) is 1. The van der Waals surface area contributed by atoms with E-state index in [1.54, 1.807) is 23.1 Å². The van der Waals surface area contributed by atoms with Crippen LogP contribution in [0.3, 0.4) is 0 Å². The van der Waals surface area contributed by atoms with Crippen LogP contribution in [0.5, 0.6) is 5.75 Å². The van der Waals surface area contributed by atoms with E-state index in [2.05, 4.69) is 4.74 Å². The number of amides is 1. The minimum Gasteiger partial charge on any atom is -0.495 e. The molecule has 0 aromatic heterocycles. The van der Waals surface area contributed by atoms with Crippen molar-refractivity contribution in [1.29, 1.82) is 0 Å². The van der Waals surface area contributed by atoms with Crippen LogP contribution in [0.25, 0.3) is 0 Å². The molecule has 1 aromatic carbocycles. The fraction of sp³-hybridized carbons (Fsp3) is 0.385. The van der Waals surface area contributed by atoms with Gasteiger partial charge in [0.05, 0.1) is 25.5 Å². The average molecular weight is 249 g/mol. The van der Waals surface area contributed by atoms with Crippen LogP contribution in [-0.4, -0.2) is 32.6 Å². The summed E-state index contributed by atoms with van der Waals surface area (Å²) in [6.07, 6.45) is 1.41. The summed E-state index contributed by atoms with van der Waals surface area (Å²) in [7, 11) is 2.84. The van der Waals surface area contributed by atoms with Crippen molar-refractivity contribution in [1.82, 2.24) is 0 Å². The van der Waals surface area contributed by atoms with Crippen LogP contribution in [0.15, 0.2) is 18.2 Å². The number of benzene rings is 1. The minimum absolute atomic E-state index is 0.0825. The van der Waals surface area contributed by atoms with Crippen LogP contribution in [0, 0.1) is 0 Å². The number of carbonyl (C=O) groups is 2. The summed E-state index contributed by atoms with van der Waals surface area (Å²) in [4.78, 5) is 24.8. The highest BCUT2D eigenvalue weighted by Crippen LogP contribution is 2.32. The second kappa shape index (κ2) is 5.08. The van der Waals surface area contributed by atoms with Crippen LogP contribution >= 0.6 is 0 Å². The molecular weight excluding hydrogens is 234 g/mol. The van der Waals surface area contributed by atoms with E-state index < -0.39 is 5.97 Å². The Bertz CT molecular complexity index is 484. The molecule has 2 rings (SSSR count). The largest absolute Gasteiger partial charge is 0.495 e. The first-order valence-corrected chi connectivity index (χ1v) is 5.74. The molecule has 0 bridgehead atoms. The molecule has 1 aromatic rings. The predicted molar refractivity (Wildman–Crippen MR) is 65.9 cm³/mol. The van der Waals surface area contributed by atoms with Gasteiger partial charge in [-0.3, -0.25) is 4.79 Å². The first-order valence-electron chi connectivity index (χ1n) is 5.74. The normalized spacial score (nSPS) is 14.8. The fourth-order valence-electron chi connectivity index (χ4n) is 2.05. The molecule has 5 heteroatoms. The van der Waals surface area contributed by atoms with Crippen LogP contribution in [0.2, 0.25) is 0 Å². The maximum atomic E-state index is 11.7. The van der Waals surface area contributed by atoms with Crippen molar-refractivity contribution >= 4 is 17.6 Å². The highest BCUT2D eigenvalue weighted by Gasteiger charge is 2.25. The zero-order chi connectivity index (χ0) is 13.1. The molecular formula is C13H15NO4. The lowest BCUT2D eigenvalue weighted by atomic mass is 10.1. The Kier molecular flexibility index (Phi) is 3.50. The van der Waals surface area contributed by atoms with E-state index in [0.717, 1.165) is 6.42 Å². The molecule has 0 atom stereocenters. The number of anilines is 1. The molecule has 18 heavy (non-hydrogen) atoms. The quantitative estimate of drug-likeness (QED) is 0.764. The van der Waals surface area contributed by atoms with E-state index in [1.807, 2.05) is 0 Å². The highest BCUT2D eigenvalue weighted by molar-refractivity contribution is 5.98. The smallest absolute Gasteiger partial charge is 0.337 e. The molecule has 0 aliphatic carbocycles.